The summed E-state index contributed by atoms with van der Waals surface area (Å²) in [5, 5.41) is 0. The van der Waals surface area contributed by atoms with E-state index in [4.69, 9.17) is 0 Å². The summed E-state index contributed by atoms with van der Waals surface area (Å²) >= 11 is 0. The fraction of sp³-hybridized carbons (Fsp3) is 0.389. The van der Waals surface area contributed by atoms with Crippen LogP contribution in [0.1, 0.15) is 24.2 Å². The highest BCUT2D eigenvalue weighted by molar-refractivity contribution is 5.98. The number of carbonyl (C=O) groups is 2. The van der Waals surface area contributed by atoms with Gasteiger partial charge in [0.05, 0.1) is 5.56 Å². The molecule has 130 valence electrons. The topological polar surface area (TPSA) is 79.3 Å². The van der Waals surface area contributed by atoms with Crippen LogP contribution in [0.15, 0.2) is 36.9 Å². The van der Waals surface area contributed by atoms with Crippen molar-refractivity contribution in [3.05, 3.63) is 42.5 Å². The fourth-order valence-corrected chi connectivity index (χ4v) is 2.99. The summed E-state index contributed by atoms with van der Waals surface area (Å²) < 4.78 is 0. The number of pyridine rings is 1. The monoisotopic (exact) mass is 339 g/mol. The highest BCUT2D eigenvalue weighted by atomic mass is 16.2. The maximum Gasteiger partial charge on any atom is 0.257 e. The average Bonchev–Trinajstić information content (AvgIpc) is 2.64. The number of carbonyl (C=O) groups excluding carboxylic acids is 2. The Balaban J connectivity index is 1.84. The van der Waals surface area contributed by atoms with Crippen molar-refractivity contribution >= 4 is 11.8 Å². The smallest absolute Gasteiger partial charge is 0.257 e. The molecule has 1 aliphatic rings. The molecule has 25 heavy (non-hydrogen) atoms. The molecule has 2 aromatic heterocycles. The number of rotatable bonds is 3. The minimum Gasteiger partial charge on any atom is -0.342 e. The molecule has 0 aliphatic carbocycles. The van der Waals surface area contributed by atoms with Crippen LogP contribution in [0.2, 0.25) is 0 Å². The zero-order valence-electron chi connectivity index (χ0n) is 14.6. The second-order valence-electron chi connectivity index (χ2n) is 6.48. The highest BCUT2D eigenvalue weighted by Gasteiger charge is 2.38. The summed E-state index contributed by atoms with van der Waals surface area (Å²) in [6.45, 7) is 4.94. The van der Waals surface area contributed by atoms with Gasteiger partial charge in [-0.2, -0.15) is 0 Å². The minimum atomic E-state index is -0.453. The van der Waals surface area contributed by atoms with Gasteiger partial charge in [0.25, 0.3) is 5.91 Å². The number of hydrogen-bond acceptors (Lipinski definition) is 5. The number of aromatic nitrogens is 3. The summed E-state index contributed by atoms with van der Waals surface area (Å²) in [5.41, 5.74) is 1.23. The van der Waals surface area contributed by atoms with E-state index >= 15 is 0 Å². The molecule has 3 heterocycles. The van der Waals surface area contributed by atoms with Gasteiger partial charge in [0.1, 0.15) is 6.04 Å². The van der Waals surface area contributed by atoms with Crippen LogP contribution in [0.5, 0.6) is 0 Å². The molecule has 0 bridgehead atoms. The third kappa shape index (κ3) is 3.35. The van der Waals surface area contributed by atoms with Gasteiger partial charge in [-0.15, -0.1) is 0 Å². The molecule has 0 spiro atoms. The Labute approximate surface area is 146 Å². The predicted octanol–water partition coefficient (Wildman–Crippen LogP) is 1.48. The molecule has 3 rings (SSSR count). The first-order valence-corrected chi connectivity index (χ1v) is 8.27. The van der Waals surface area contributed by atoms with Gasteiger partial charge in [-0.1, -0.05) is 13.8 Å². The van der Waals surface area contributed by atoms with Crippen molar-refractivity contribution in [1.29, 1.82) is 0 Å². The first kappa shape index (κ1) is 17.0. The van der Waals surface area contributed by atoms with E-state index in [1.165, 1.54) is 12.4 Å². The van der Waals surface area contributed by atoms with Crippen molar-refractivity contribution in [2.45, 2.75) is 19.9 Å². The van der Waals surface area contributed by atoms with E-state index in [1.807, 2.05) is 26.0 Å². The zero-order valence-corrected chi connectivity index (χ0v) is 14.6. The van der Waals surface area contributed by atoms with E-state index in [0.29, 0.717) is 24.5 Å². The van der Waals surface area contributed by atoms with Gasteiger partial charge in [0, 0.05) is 50.5 Å². The van der Waals surface area contributed by atoms with Crippen molar-refractivity contribution in [3.63, 3.8) is 0 Å². The van der Waals surface area contributed by atoms with Gasteiger partial charge >= 0.3 is 0 Å². The van der Waals surface area contributed by atoms with Crippen LogP contribution in [0.25, 0.3) is 11.4 Å². The van der Waals surface area contributed by atoms with Crippen LogP contribution in [0.4, 0.5) is 0 Å². The van der Waals surface area contributed by atoms with E-state index in [1.54, 1.807) is 29.2 Å². The summed E-state index contributed by atoms with van der Waals surface area (Å²) in [5.74, 6) is 0.343. The van der Waals surface area contributed by atoms with Crippen molar-refractivity contribution in [3.8, 4) is 11.4 Å². The molecule has 7 heteroatoms. The van der Waals surface area contributed by atoms with E-state index in [-0.39, 0.29) is 17.7 Å². The van der Waals surface area contributed by atoms with Gasteiger partial charge in [-0.3, -0.25) is 14.6 Å². The summed E-state index contributed by atoms with van der Waals surface area (Å²) in [6, 6.07) is 3.17. The molecule has 1 atom stereocenters. The van der Waals surface area contributed by atoms with Crippen LogP contribution < -0.4 is 0 Å². The first-order valence-electron chi connectivity index (χ1n) is 8.27. The van der Waals surface area contributed by atoms with Crippen LogP contribution in [0, 0.1) is 5.92 Å². The van der Waals surface area contributed by atoms with Crippen LogP contribution in [-0.2, 0) is 4.79 Å². The molecule has 7 nitrogen and oxygen atoms in total. The second kappa shape index (κ2) is 6.96. The van der Waals surface area contributed by atoms with Gasteiger partial charge < -0.3 is 9.80 Å². The minimum absolute atomic E-state index is 0.0241. The molecule has 1 fully saturated rings. The number of piperazine rings is 1. The second-order valence-corrected chi connectivity index (χ2v) is 6.48. The molecular weight excluding hydrogens is 318 g/mol. The Morgan fingerprint density at radius 3 is 2.40 bits per heavy atom. The lowest BCUT2D eigenvalue weighted by Crippen LogP contribution is -2.59. The summed E-state index contributed by atoms with van der Waals surface area (Å²) in [6.07, 6.45) is 6.37. The number of likely N-dealkylation sites (N-methyl/N-ethyl adjacent to an activating group) is 1. The van der Waals surface area contributed by atoms with E-state index in [2.05, 4.69) is 15.0 Å². The third-order valence-corrected chi connectivity index (χ3v) is 4.37. The van der Waals surface area contributed by atoms with Gasteiger partial charge in [0.2, 0.25) is 5.91 Å². The van der Waals surface area contributed by atoms with Crippen LogP contribution >= 0.6 is 0 Å². The van der Waals surface area contributed by atoms with Gasteiger partial charge in [-0.05, 0) is 18.1 Å². The van der Waals surface area contributed by atoms with Crippen molar-refractivity contribution in [1.82, 2.24) is 24.8 Å². The summed E-state index contributed by atoms with van der Waals surface area (Å²) in [4.78, 5) is 41.2. The Morgan fingerprint density at radius 1 is 1.16 bits per heavy atom. The lowest BCUT2D eigenvalue weighted by molar-refractivity contribution is -0.140. The normalized spacial score (nSPS) is 17.9. The van der Waals surface area contributed by atoms with E-state index in [0.717, 1.165) is 5.56 Å². The Morgan fingerprint density at radius 2 is 1.80 bits per heavy atom. The zero-order chi connectivity index (χ0) is 18.0. The largest absolute Gasteiger partial charge is 0.342 e. The average molecular weight is 339 g/mol. The lowest BCUT2D eigenvalue weighted by Gasteiger charge is -2.41. The van der Waals surface area contributed by atoms with Crippen molar-refractivity contribution < 1.29 is 9.59 Å². The molecule has 0 aromatic carbocycles. The molecule has 2 aromatic rings. The molecule has 2 amide bonds. The maximum atomic E-state index is 12.9. The van der Waals surface area contributed by atoms with Crippen LogP contribution in [0.3, 0.4) is 0 Å². The van der Waals surface area contributed by atoms with E-state index in [9.17, 15) is 9.59 Å². The Hall–Kier alpha value is -2.83. The number of hydrogen-bond donors (Lipinski definition) is 0. The van der Waals surface area contributed by atoms with Crippen molar-refractivity contribution in [2.75, 3.05) is 20.1 Å². The lowest BCUT2D eigenvalue weighted by atomic mass is 9.98. The molecule has 0 radical (unpaired) electrons. The SMILES string of the molecule is CC(C)C1C(=O)N(C)CCN1C(=O)c1cnc(-c2ccncc2)nc1. The number of nitrogens with zero attached hydrogens (tertiary/aromatic N) is 5. The number of amides is 2. The molecule has 0 N–H and O–H groups in total. The molecular formula is C18H21N5O2. The molecule has 1 saturated heterocycles. The van der Waals surface area contributed by atoms with Crippen LogP contribution in [-0.4, -0.2) is 62.7 Å². The molecule has 1 unspecified atom stereocenters. The fourth-order valence-electron chi connectivity index (χ4n) is 2.99. The van der Waals surface area contributed by atoms with E-state index < -0.39 is 6.04 Å². The summed E-state index contributed by atoms with van der Waals surface area (Å²) in [7, 11) is 1.77. The Bertz CT molecular complexity index is 761. The Kier molecular flexibility index (Phi) is 4.74. The van der Waals surface area contributed by atoms with Crippen molar-refractivity contribution in [2.24, 2.45) is 5.92 Å². The maximum absolute atomic E-state index is 12.9. The molecule has 0 saturated carbocycles. The predicted molar refractivity (Wildman–Crippen MR) is 92.6 cm³/mol. The molecule has 1 aliphatic heterocycles. The third-order valence-electron chi connectivity index (χ3n) is 4.37. The highest BCUT2D eigenvalue weighted by Crippen LogP contribution is 2.21. The standard InChI is InChI=1S/C18H21N5O2/c1-12(2)15-18(25)22(3)8-9-23(15)17(24)14-10-20-16(21-11-14)13-4-6-19-7-5-13/h4-7,10-12,15H,8-9H2,1-3H3. The quantitative estimate of drug-likeness (QED) is 0.846. The van der Waals surface area contributed by atoms with Gasteiger partial charge in [-0.25, -0.2) is 9.97 Å². The van der Waals surface area contributed by atoms with Gasteiger partial charge in [0.15, 0.2) is 5.82 Å². The first-order chi connectivity index (χ1) is 12.0.